The second-order valence-corrected chi connectivity index (χ2v) is 10.8. The predicted molar refractivity (Wildman–Crippen MR) is 163 cm³/mol. The average Bonchev–Trinajstić information content (AvgIpc) is 3.41. The van der Waals surface area contributed by atoms with Crippen molar-refractivity contribution in [3.63, 3.8) is 0 Å². The molecule has 42 heavy (non-hydrogen) atoms. The summed E-state index contributed by atoms with van der Waals surface area (Å²) in [6, 6.07) is 22.3. The fourth-order valence-electron chi connectivity index (χ4n) is 4.71. The van der Waals surface area contributed by atoms with E-state index in [9.17, 15) is 14.7 Å². The zero-order chi connectivity index (χ0) is 30.0. The summed E-state index contributed by atoms with van der Waals surface area (Å²) in [5.41, 5.74) is 3.95. The molecule has 0 saturated heterocycles. The van der Waals surface area contributed by atoms with Crippen molar-refractivity contribution >= 4 is 57.7 Å². The Kier molecular flexibility index (Phi) is 8.68. The second kappa shape index (κ2) is 12.4. The molecule has 0 aliphatic rings. The molecule has 1 amide bonds. The minimum atomic E-state index is -1.40. The Morgan fingerprint density at radius 2 is 1.74 bits per heavy atom. The molecular weight excluding hydrogens is 599 g/mol. The maximum absolute atomic E-state index is 13.3. The van der Waals surface area contributed by atoms with Gasteiger partial charge >= 0.3 is 5.97 Å². The summed E-state index contributed by atoms with van der Waals surface area (Å²) in [6.45, 7) is 3.83. The molecule has 2 N–H and O–H groups in total. The van der Waals surface area contributed by atoms with Crippen LogP contribution in [-0.4, -0.2) is 32.0 Å². The largest absolute Gasteiger partial charge is 0.478 e. The number of carboxylic acids is 1. The number of aromatic nitrogens is 3. The number of carbonyl (C=O) groups is 2. The Balaban J connectivity index is 1.45. The van der Waals surface area contributed by atoms with Crippen LogP contribution in [0.3, 0.4) is 0 Å². The molecule has 0 saturated carbocycles. The van der Waals surface area contributed by atoms with Gasteiger partial charge in [-0.2, -0.15) is 0 Å². The summed E-state index contributed by atoms with van der Waals surface area (Å²) < 4.78 is 7.36. The lowest BCUT2D eigenvalue weighted by molar-refractivity contribution is -0.145. The van der Waals surface area contributed by atoms with Gasteiger partial charge in [0.1, 0.15) is 11.3 Å². The van der Waals surface area contributed by atoms with Crippen molar-refractivity contribution in [1.29, 1.82) is 0 Å². The van der Waals surface area contributed by atoms with Crippen LogP contribution in [0.25, 0.3) is 16.7 Å². The van der Waals surface area contributed by atoms with Crippen molar-refractivity contribution in [2.45, 2.75) is 32.4 Å². The zero-order valence-corrected chi connectivity index (χ0v) is 24.8. The highest BCUT2D eigenvalue weighted by molar-refractivity contribution is 6.35. The number of amides is 1. The summed E-state index contributed by atoms with van der Waals surface area (Å²) >= 11 is 18.8. The lowest BCUT2D eigenvalue weighted by atomic mass is 10.0. The van der Waals surface area contributed by atoms with Gasteiger partial charge in [0, 0.05) is 27.2 Å². The maximum atomic E-state index is 13.3. The first-order valence-corrected chi connectivity index (χ1v) is 14.2. The zero-order valence-electron chi connectivity index (χ0n) is 22.5. The predicted octanol–water partition coefficient (Wildman–Crippen LogP) is 7.77. The lowest BCUT2D eigenvalue weighted by Gasteiger charge is -2.18. The third-order valence-electron chi connectivity index (χ3n) is 6.90. The van der Waals surface area contributed by atoms with E-state index in [1.165, 1.54) is 22.9 Å². The number of aliphatic carboxylic acids is 1. The Morgan fingerprint density at radius 1 is 0.976 bits per heavy atom. The van der Waals surface area contributed by atoms with Crippen LogP contribution in [0, 0.1) is 6.92 Å². The third-order valence-corrected chi connectivity index (χ3v) is 7.78. The van der Waals surface area contributed by atoms with E-state index in [2.05, 4.69) is 15.6 Å². The van der Waals surface area contributed by atoms with Crippen LogP contribution < -0.4 is 10.1 Å². The van der Waals surface area contributed by atoms with Gasteiger partial charge in [-0.15, -0.1) is 5.10 Å². The van der Waals surface area contributed by atoms with Crippen LogP contribution >= 0.6 is 34.8 Å². The van der Waals surface area contributed by atoms with E-state index in [1.54, 1.807) is 30.3 Å². The smallest absolute Gasteiger partial charge is 0.349 e. The van der Waals surface area contributed by atoms with Gasteiger partial charge in [-0.05, 0) is 60.9 Å². The molecule has 8 nitrogen and oxygen atoms in total. The van der Waals surface area contributed by atoms with Gasteiger partial charge in [-0.3, -0.25) is 4.79 Å². The van der Waals surface area contributed by atoms with Gasteiger partial charge in [0.2, 0.25) is 6.10 Å². The molecule has 0 fully saturated rings. The summed E-state index contributed by atoms with van der Waals surface area (Å²) in [4.78, 5) is 25.4. The van der Waals surface area contributed by atoms with Gasteiger partial charge in [0.05, 0.1) is 22.3 Å². The number of hydrogen-bond donors (Lipinski definition) is 2. The van der Waals surface area contributed by atoms with E-state index in [0.717, 1.165) is 12.0 Å². The molecule has 11 heteroatoms. The molecule has 0 radical (unpaired) electrons. The molecule has 2 atom stereocenters. The van der Waals surface area contributed by atoms with E-state index in [1.807, 2.05) is 44.2 Å². The molecule has 4 aromatic carbocycles. The lowest BCUT2D eigenvalue weighted by Crippen LogP contribution is -2.28. The number of hydrogen-bond acceptors (Lipinski definition) is 5. The molecule has 0 bridgehead atoms. The van der Waals surface area contributed by atoms with Crippen LogP contribution in [0.5, 0.6) is 5.75 Å². The van der Waals surface area contributed by atoms with E-state index < -0.39 is 12.1 Å². The maximum Gasteiger partial charge on any atom is 0.349 e. The van der Waals surface area contributed by atoms with Crippen LogP contribution in [-0.2, 0) is 4.79 Å². The van der Waals surface area contributed by atoms with Crippen LogP contribution in [0.15, 0.2) is 78.9 Å². The highest BCUT2D eigenvalue weighted by atomic mass is 35.5. The number of carbonyl (C=O) groups excluding carboxylic acids is 1. The number of carboxylic acid groups (broad SMARTS) is 1. The number of nitrogens with zero attached hydrogens (tertiary/aromatic N) is 3. The van der Waals surface area contributed by atoms with Gasteiger partial charge in [0.15, 0.2) is 0 Å². The molecule has 214 valence electrons. The fourth-order valence-corrected chi connectivity index (χ4v) is 5.42. The van der Waals surface area contributed by atoms with Crippen molar-refractivity contribution in [1.82, 2.24) is 20.3 Å². The summed E-state index contributed by atoms with van der Waals surface area (Å²) in [6.07, 6.45) is -0.667. The SMILES string of the molecule is CC[C@@H](NC(=O)c1ccc2c(nnn2-c2cc(OC(C(=O)O)c3ccc(Cl)cc3Cl)ccc2Cl)c1C)c1ccccc1. The van der Waals surface area contributed by atoms with Crippen molar-refractivity contribution in [2.24, 2.45) is 0 Å². The molecular formula is C31H25Cl3N4O4. The number of fused-ring (bicyclic) bond motifs is 1. The van der Waals surface area contributed by atoms with Crippen molar-refractivity contribution in [3.05, 3.63) is 116 Å². The molecule has 1 unspecified atom stereocenters. The molecule has 0 aliphatic carbocycles. The van der Waals surface area contributed by atoms with Gasteiger partial charge in [0.25, 0.3) is 5.91 Å². The highest BCUT2D eigenvalue weighted by Crippen LogP contribution is 2.34. The van der Waals surface area contributed by atoms with Gasteiger partial charge in [-0.25, -0.2) is 9.48 Å². The van der Waals surface area contributed by atoms with Crippen LogP contribution in [0.2, 0.25) is 15.1 Å². The quantitative estimate of drug-likeness (QED) is 0.174. The number of aryl methyl sites for hydroxylation is 1. The first-order valence-electron chi connectivity index (χ1n) is 13.0. The standard InChI is InChI=1S/C31H25Cl3N4O4/c1-3-25(18-7-5-4-6-8-18)35-30(39)21-12-14-26-28(17(21)2)36-37-38(26)27-16-20(10-13-23(27)33)42-29(31(40)41)22-11-9-19(32)15-24(22)34/h4-16,25,29H,3H2,1-2H3,(H,35,39)(H,40,41)/t25-,29?/m1/s1. The van der Waals surface area contributed by atoms with Crippen molar-refractivity contribution in [3.8, 4) is 11.4 Å². The Labute approximate surface area is 256 Å². The molecule has 0 aliphatic heterocycles. The molecule has 0 spiro atoms. The molecule has 5 aromatic rings. The Hall–Kier alpha value is -4.11. The molecule has 1 aromatic heterocycles. The van der Waals surface area contributed by atoms with Crippen LogP contribution in [0.1, 0.15) is 52.5 Å². The monoisotopic (exact) mass is 622 g/mol. The molecule has 1 heterocycles. The summed E-state index contributed by atoms with van der Waals surface area (Å²) in [7, 11) is 0. The number of nitrogens with one attached hydrogen (secondary N) is 1. The van der Waals surface area contributed by atoms with E-state index >= 15 is 0 Å². The topological polar surface area (TPSA) is 106 Å². The van der Waals surface area contributed by atoms with Crippen molar-refractivity contribution in [2.75, 3.05) is 0 Å². The van der Waals surface area contributed by atoms with Gasteiger partial charge in [-0.1, -0.05) is 83.3 Å². The van der Waals surface area contributed by atoms with Crippen LogP contribution in [0.4, 0.5) is 0 Å². The number of halogens is 3. The van der Waals surface area contributed by atoms with Crippen molar-refractivity contribution < 1.29 is 19.4 Å². The third kappa shape index (κ3) is 5.92. The first-order chi connectivity index (χ1) is 20.2. The minimum Gasteiger partial charge on any atom is -0.478 e. The second-order valence-electron chi connectivity index (χ2n) is 9.57. The number of ether oxygens (including phenoxy) is 1. The fraction of sp³-hybridized carbons (Fsp3) is 0.161. The Bertz CT molecular complexity index is 1790. The average molecular weight is 624 g/mol. The molecule has 5 rings (SSSR count). The van der Waals surface area contributed by atoms with E-state index in [-0.39, 0.29) is 28.3 Å². The number of rotatable bonds is 9. The van der Waals surface area contributed by atoms with E-state index in [0.29, 0.717) is 37.9 Å². The summed E-state index contributed by atoms with van der Waals surface area (Å²) in [5, 5.41) is 22.5. The highest BCUT2D eigenvalue weighted by Gasteiger charge is 2.26. The van der Waals surface area contributed by atoms with E-state index in [4.69, 9.17) is 39.5 Å². The number of benzene rings is 4. The normalized spacial score (nSPS) is 12.6. The minimum absolute atomic E-state index is 0.136. The first kappa shape index (κ1) is 29.4. The Morgan fingerprint density at radius 3 is 2.43 bits per heavy atom. The van der Waals surface area contributed by atoms with Gasteiger partial charge < -0.3 is 15.2 Å². The summed E-state index contributed by atoms with van der Waals surface area (Å²) in [5.74, 6) is -1.23.